The summed E-state index contributed by atoms with van der Waals surface area (Å²) in [6, 6.07) is 18.7. The molecule has 0 aliphatic heterocycles. The van der Waals surface area contributed by atoms with Gasteiger partial charge < -0.3 is 15.2 Å². The minimum atomic E-state index is -3.39. The van der Waals surface area contributed by atoms with E-state index in [1.165, 1.54) is 29.5 Å². The fourth-order valence-electron chi connectivity index (χ4n) is 5.69. The molecule has 1 aliphatic rings. The Morgan fingerprint density at radius 2 is 1.70 bits per heavy atom. The normalized spacial score (nSPS) is 14.5. The highest BCUT2D eigenvalue weighted by Gasteiger charge is 2.24. The van der Waals surface area contributed by atoms with E-state index in [0.29, 0.717) is 17.7 Å². The largest absolute Gasteiger partial charge is 0.480 e. The third-order valence-electron chi connectivity index (χ3n) is 8.16. The number of sulfone groups is 1. The second kappa shape index (κ2) is 14.8. The number of carbonyl (C=O) groups is 2. The molecule has 4 rings (SSSR count). The Morgan fingerprint density at radius 1 is 0.953 bits per heavy atom. The van der Waals surface area contributed by atoms with Gasteiger partial charge in [-0.15, -0.1) is 0 Å². The number of carboxylic acid groups (broad SMARTS) is 1. The van der Waals surface area contributed by atoms with Crippen molar-refractivity contribution in [3.63, 3.8) is 0 Å². The molecule has 0 unspecified atom stereocenters. The zero-order valence-electron chi connectivity index (χ0n) is 25.4. The number of aliphatic carboxylic acids is 1. The van der Waals surface area contributed by atoms with Crippen molar-refractivity contribution in [3.05, 3.63) is 94.0 Å². The van der Waals surface area contributed by atoms with Gasteiger partial charge >= 0.3 is 5.97 Å². The van der Waals surface area contributed by atoms with E-state index in [-0.39, 0.29) is 18.3 Å². The number of benzene rings is 3. The van der Waals surface area contributed by atoms with Gasteiger partial charge in [-0.2, -0.15) is 0 Å². The van der Waals surface area contributed by atoms with E-state index in [9.17, 15) is 23.1 Å². The molecule has 0 spiro atoms. The predicted octanol–water partition coefficient (Wildman–Crippen LogP) is 6.61. The molecule has 2 atom stereocenters. The van der Waals surface area contributed by atoms with Crippen LogP contribution < -0.4 is 5.32 Å². The number of hydrogen-bond acceptors (Lipinski definition) is 5. The van der Waals surface area contributed by atoms with Crippen molar-refractivity contribution in [2.45, 2.75) is 84.0 Å². The molecule has 3 aromatic carbocycles. The molecule has 1 aliphatic carbocycles. The SMILES string of the molecule is CCCC[C@@H](OCc1ccc(C(=O)N[C@@H](CCS(C)(=O)=O)C(=O)O)c(-c2ccccc2C)c1)c1ccc2c(c1)CCCC2. The van der Waals surface area contributed by atoms with Crippen molar-refractivity contribution < 1.29 is 27.9 Å². The molecule has 230 valence electrons. The van der Waals surface area contributed by atoms with E-state index in [1.54, 1.807) is 6.07 Å². The minimum Gasteiger partial charge on any atom is -0.480 e. The molecule has 0 radical (unpaired) electrons. The van der Waals surface area contributed by atoms with E-state index < -0.39 is 27.8 Å². The molecule has 43 heavy (non-hydrogen) atoms. The van der Waals surface area contributed by atoms with Gasteiger partial charge in [0.15, 0.2) is 0 Å². The zero-order chi connectivity index (χ0) is 31.0. The van der Waals surface area contributed by atoms with Crippen molar-refractivity contribution >= 4 is 21.7 Å². The van der Waals surface area contributed by atoms with Crippen molar-refractivity contribution in [1.82, 2.24) is 5.32 Å². The first-order valence-electron chi connectivity index (χ1n) is 15.2. The highest BCUT2D eigenvalue weighted by molar-refractivity contribution is 7.90. The number of ether oxygens (including phenoxy) is 1. The summed E-state index contributed by atoms with van der Waals surface area (Å²) in [6.07, 6.45) is 8.57. The maximum absolute atomic E-state index is 13.4. The second-order valence-electron chi connectivity index (χ2n) is 11.7. The Bertz CT molecular complexity index is 1550. The summed E-state index contributed by atoms with van der Waals surface area (Å²) in [4.78, 5) is 25.3. The fraction of sp³-hybridized carbons (Fsp3) is 0.429. The molecule has 7 nitrogen and oxygen atoms in total. The third-order valence-corrected chi connectivity index (χ3v) is 9.14. The molecular weight excluding hydrogens is 562 g/mol. The lowest BCUT2D eigenvalue weighted by atomic mass is 9.89. The van der Waals surface area contributed by atoms with Crippen molar-refractivity contribution in [2.24, 2.45) is 0 Å². The lowest BCUT2D eigenvalue weighted by Gasteiger charge is -2.23. The molecule has 0 heterocycles. The minimum absolute atomic E-state index is 0.0387. The molecule has 1 amide bonds. The van der Waals surface area contributed by atoms with Crippen LogP contribution in [0.2, 0.25) is 0 Å². The van der Waals surface area contributed by atoms with Crippen LogP contribution >= 0.6 is 0 Å². The quantitative estimate of drug-likeness (QED) is 0.214. The van der Waals surface area contributed by atoms with Gasteiger partial charge in [0.1, 0.15) is 15.9 Å². The van der Waals surface area contributed by atoms with Gasteiger partial charge in [0.2, 0.25) is 0 Å². The number of fused-ring (bicyclic) bond motifs is 1. The van der Waals surface area contributed by atoms with Crippen LogP contribution in [0.1, 0.15) is 89.7 Å². The molecule has 0 aromatic heterocycles. The van der Waals surface area contributed by atoms with E-state index in [4.69, 9.17) is 4.74 Å². The second-order valence-corrected chi connectivity index (χ2v) is 13.9. The Morgan fingerprint density at radius 3 is 2.40 bits per heavy atom. The topological polar surface area (TPSA) is 110 Å². The first-order chi connectivity index (χ1) is 20.6. The Hall–Kier alpha value is -3.49. The van der Waals surface area contributed by atoms with E-state index >= 15 is 0 Å². The maximum atomic E-state index is 13.4. The smallest absolute Gasteiger partial charge is 0.326 e. The van der Waals surface area contributed by atoms with E-state index in [2.05, 4.69) is 30.4 Å². The Labute approximate surface area is 255 Å². The molecule has 2 N–H and O–H groups in total. The number of nitrogens with one attached hydrogen (secondary N) is 1. The van der Waals surface area contributed by atoms with Crippen LogP contribution in [0.3, 0.4) is 0 Å². The summed E-state index contributed by atoms with van der Waals surface area (Å²) in [5.41, 5.74) is 7.80. The number of rotatable bonds is 14. The summed E-state index contributed by atoms with van der Waals surface area (Å²) < 4.78 is 29.8. The average Bonchev–Trinajstić information content (AvgIpc) is 2.98. The highest BCUT2D eigenvalue weighted by atomic mass is 32.2. The molecule has 3 aromatic rings. The Balaban J connectivity index is 1.60. The first kappa shape index (κ1) is 32.4. The highest BCUT2D eigenvalue weighted by Crippen LogP contribution is 2.32. The van der Waals surface area contributed by atoms with Crippen LogP contribution in [0.4, 0.5) is 0 Å². The summed E-state index contributed by atoms with van der Waals surface area (Å²) in [5.74, 6) is -2.18. The first-order valence-corrected chi connectivity index (χ1v) is 17.3. The maximum Gasteiger partial charge on any atom is 0.326 e. The van der Waals surface area contributed by atoms with Crippen LogP contribution in [0.15, 0.2) is 60.7 Å². The van der Waals surface area contributed by atoms with Gasteiger partial charge in [0.25, 0.3) is 5.91 Å². The standard InChI is InChI=1S/C35H43NO6S/c1-4-5-14-33(28-17-16-26-11-7-8-12-27(26)22-28)42-23-25-15-18-30(31(21-25)29-13-9-6-10-24(29)2)34(37)36-32(35(38)39)19-20-43(3,40)41/h6,9-10,13,15-18,21-22,32-33H,4-5,7-8,11-12,14,19-20,23H2,1-3H3,(H,36,37)(H,38,39)/t32-,33+/m0/s1. The number of amides is 1. The predicted molar refractivity (Wildman–Crippen MR) is 170 cm³/mol. The van der Waals surface area contributed by atoms with Gasteiger partial charge in [0.05, 0.1) is 18.5 Å². The van der Waals surface area contributed by atoms with Gasteiger partial charge in [-0.25, -0.2) is 13.2 Å². The third kappa shape index (κ3) is 9.00. The number of hydrogen-bond donors (Lipinski definition) is 2. The molecule has 0 fully saturated rings. The van der Waals surface area contributed by atoms with Crippen LogP contribution in [-0.2, 0) is 38.8 Å². The van der Waals surface area contributed by atoms with Crippen molar-refractivity contribution in [1.29, 1.82) is 0 Å². The zero-order valence-corrected chi connectivity index (χ0v) is 26.2. The molecule has 8 heteroatoms. The fourth-order valence-corrected chi connectivity index (χ4v) is 6.35. The summed E-state index contributed by atoms with van der Waals surface area (Å²) in [7, 11) is -3.39. The summed E-state index contributed by atoms with van der Waals surface area (Å²) in [6.45, 7) is 4.50. The number of carboxylic acids is 1. The van der Waals surface area contributed by atoms with Gasteiger partial charge in [-0.3, -0.25) is 4.79 Å². The van der Waals surface area contributed by atoms with E-state index in [0.717, 1.165) is 55.1 Å². The summed E-state index contributed by atoms with van der Waals surface area (Å²) in [5, 5.41) is 12.2. The van der Waals surface area contributed by atoms with Gasteiger partial charge in [0, 0.05) is 11.8 Å². The lowest BCUT2D eigenvalue weighted by molar-refractivity contribution is -0.139. The summed E-state index contributed by atoms with van der Waals surface area (Å²) >= 11 is 0. The van der Waals surface area contributed by atoms with Gasteiger partial charge in [-0.05, 0) is 96.5 Å². The Kier molecular flexibility index (Phi) is 11.2. The van der Waals surface area contributed by atoms with Crippen LogP contribution in [-0.4, -0.2) is 43.5 Å². The number of unbranched alkanes of at least 4 members (excludes halogenated alkanes) is 1. The molecular formula is C35H43NO6S. The van der Waals surface area contributed by atoms with E-state index in [1.807, 2.05) is 43.3 Å². The van der Waals surface area contributed by atoms with Crippen molar-refractivity contribution in [2.75, 3.05) is 12.0 Å². The van der Waals surface area contributed by atoms with Gasteiger partial charge in [-0.1, -0.05) is 68.3 Å². The number of carbonyl (C=O) groups excluding carboxylic acids is 1. The average molecular weight is 606 g/mol. The van der Waals surface area contributed by atoms with Crippen LogP contribution in [0.5, 0.6) is 0 Å². The monoisotopic (exact) mass is 605 g/mol. The lowest BCUT2D eigenvalue weighted by Crippen LogP contribution is -2.42. The van der Waals surface area contributed by atoms with Crippen molar-refractivity contribution in [3.8, 4) is 11.1 Å². The van der Waals surface area contributed by atoms with Crippen LogP contribution in [0.25, 0.3) is 11.1 Å². The molecule has 0 saturated carbocycles. The molecule has 0 saturated heterocycles. The molecule has 0 bridgehead atoms. The van der Waals surface area contributed by atoms with Crippen LogP contribution in [0, 0.1) is 6.92 Å². The number of aryl methyl sites for hydroxylation is 3.